The number of hydrogen-bond acceptors (Lipinski definition) is 3. The fourth-order valence-corrected chi connectivity index (χ4v) is 9.83. The van der Waals surface area contributed by atoms with Gasteiger partial charge in [0.25, 0.3) is 6.71 Å². The summed E-state index contributed by atoms with van der Waals surface area (Å²) in [6, 6.07) is 41.9. The van der Waals surface area contributed by atoms with Crippen molar-refractivity contribution in [2.75, 3.05) is 9.80 Å². The summed E-state index contributed by atoms with van der Waals surface area (Å²) in [7, 11) is -1.72. The van der Waals surface area contributed by atoms with Crippen LogP contribution in [0.5, 0.6) is 0 Å². The summed E-state index contributed by atoms with van der Waals surface area (Å²) in [5.74, 6) is 0.990. The first kappa shape index (κ1) is 29.4. The molecule has 0 unspecified atom stereocenters. The van der Waals surface area contributed by atoms with Crippen LogP contribution >= 0.6 is 11.3 Å². The molecule has 0 atom stereocenters. The first-order valence-electron chi connectivity index (χ1n) is 16.7. The Hall–Kier alpha value is -4.06. The number of fused-ring (bicyclic) bond motifs is 6. The predicted molar refractivity (Wildman–Crippen MR) is 207 cm³/mol. The van der Waals surface area contributed by atoms with Crippen LogP contribution in [-0.4, -0.2) is 14.8 Å². The molecule has 5 heteroatoms. The lowest BCUT2D eigenvalue weighted by Crippen LogP contribution is -2.61. The molecule has 0 aliphatic carbocycles. The average Bonchev–Trinajstić information content (AvgIpc) is 3.43. The Morgan fingerprint density at radius 1 is 0.609 bits per heavy atom. The van der Waals surface area contributed by atoms with Gasteiger partial charge < -0.3 is 9.80 Å². The van der Waals surface area contributed by atoms with E-state index in [0.29, 0.717) is 11.8 Å². The van der Waals surface area contributed by atoms with E-state index in [0.717, 1.165) is 0 Å². The van der Waals surface area contributed by atoms with E-state index in [1.165, 1.54) is 76.2 Å². The van der Waals surface area contributed by atoms with Gasteiger partial charge in [0.1, 0.15) is 0 Å². The minimum Gasteiger partial charge on any atom is -0.311 e. The van der Waals surface area contributed by atoms with Crippen LogP contribution in [0.4, 0.5) is 34.1 Å². The molecule has 3 heterocycles. The third kappa shape index (κ3) is 4.51. The van der Waals surface area contributed by atoms with Gasteiger partial charge in [-0.3, -0.25) is 0 Å². The lowest BCUT2D eigenvalue weighted by molar-refractivity contribution is 0.866. The van der Waals surface area contributed by atoms with Gasteiger partial charge in [0.2, 0.25) is 0 Å². The summed E-state index contributed by atoms with van der Waals surface area (Å²) in [6.45, 7) is 16.7. The Balaban J connectivity index is 1.48. The quantitative estimate of drug-likeness (QED) is 0.174. The molecule has 0 saturated heterocycles. The van der Waals surface area contributed by atoms with E-state index in [9.17, 15) is 0 Å². The molecule has 0 saturated carbocycles. The largest absolute Gasteiger partial charge is 0.311 e. The van der Waals surface area contributed by atoms with E-state index in [4.69, 9.17) is 0 Å². The number of rotatable bonds is 5. The summed E-state index contributed by atoms with van der Waals surface area (Å²) < 4.78 is 2.78. The van der Waals surface area contributed by atoms with Crippen molar-refractivity contribution >= 4 is 91.2 Å². The Labute approximate surface area is 279 Å². The van der Waals surface area contributed by atoms with Crippen molar-refractivity contribution in [2.24, 2.45) is 0 Å². The zero-order chi connectivity index (χ0) is 31.9. The number of para-hydroxylation sites is 1. The monoisotopic (exact) mass is 632 g/mol. The zero-order valence-electron chi connectivity index (χ0n) is 27.9. The molecule has 0 fully saturated rings. The average molecular weight is 633 g/mol. The first-order chi connectivity index (χ1) is 22.1. The Morgan fingerprint density at radius 3 is 1.76 bits per heavy atom. The number of benzene rings is 5. The van der Waals surface area contributed by atoms with Gasteiger partial charge in [0.05, 0.1) is 13.8 Å². The van der Waals surface area contributed by atoms with E-state index < -0.39 is 8.07 Å². The topological polar surface area (TPSA) is 6.48 Å². The van der Waals surface area contributed by atoms with Crippen molar-refractivity contribution in [1.29, 1.82) is 0 Å². The highest BCUT2D eigenvalue weighted by Crippen LogP contribution is 2.47. The van der Waals surface area contributed by atoms with Crippen molar-refractivity contribution in [3.05, 3.63) is 120 Å². The maximum Gasteiger partial charge on any atom is 0.264 e. The van der Waals surface area contributed by atoms with Crippen molar-refractivity contribution in [3.8, 4) is 0 Å². The molecule has 46 heavy (non-hydrogen) atoms. The molecule has 0 bridgehead atoms. The van der Waals surface area contributed by atoms with Gasteiger partial charge in [-0.15, -0.1) is 11.3 Å². The van der Waals surface area contributed by atoms with E-state index in [2.05, 4.69) is 166 Å². The molecule has 0 amide bonds. The van der Waals surface area contributed by atoms with Gasteiger partial charge in [0, 0.05) is 43.3 Å². The van der Waals surface area contributed by atoms with Crippen molar-refractivity contribution in [1.82, 2.24) is 0 Å². The van der Waals surface area contributed by atoms with Crippen LogP contribution in [0.15, 0.2) is 109 Å². The summed E-state index contributed by atoms with van der Waals surface area (Å²) in [4.78, 5) is 5.15. The molecule has 2 aliphatic rings. The highest BCUT2D eigenvalue weighted by atomic mass is 32.1. The lowest BCUT2D eigenvalue weighted by Gasteiger charge is -2.44. The summed E-state index contributed by atoms with van der Waals surface area (Å²) >= 11 is 1.97. The molecule has 2 nitrogen and oxygen atoms in total. The predicted octanol–water partition coefficient (Wildman–Crippen LogP) is 9.78. The van der Waals surface area contributed by atoms with E-state index >= 15 is 0 Å². The molecule has 228 valence electrons. The standard InChI is InChI=1S/C41H41BN2SSi/c1-26(2)28-16-20-30(21-17-28)43-35-14-10-9-13-34(35)42-39-36(43)24-32(46(5,6)7)25-37(39)44(31-22-18-29(19-23-31)27(3)4)40-33-12-8-11-15-38(33)45-41(40)42/h8-27H,1-7H3. The Morgan fingerprint density at radius 2 is 1.15 bits per heavy atom. The summed E-state index contributed by atoms with van der Waals surface area (Å²) in [5, 5.41) is 2.82. The van der Waals surface area contributed by atoms with Crippen LogP contribution in [0.25, 0.3) is 10.1 Å². The van der Waals surface area contributed by atoms with Gasteiger partial charge >= 0.3 is 0 Å². The fraction of sp³-hybridized carbons (Fsp3) is 0.220. The van der Waals surface area contributed by atoms with E-state index in [-0.39, 0.29) is 6.71 Å². The third-order valence-corrected chi connectivity index (χ3v) is 13.2. The molecular formula is C41H41BN2SSi. The van der Waals surface area contributed by atoms with Crippen molar-refractivity contribution in [2.45, 2.75) is 59.2 Å². The van der Waals surface area contributed by atoms with Gasteiger partial charge in [-0.1, -0.05) is 113 Å². The van der Waals surface area contributed by atoms with Crippen LogP contribution in [0.1, 0.15) is 50.7 Å². The van der Waals surface area contributed by atoms with Gasteiger partial charge in [0.15, 0.2) is 0 Å². The molecular weight excluding hydrogens is 591 g/mol. The molecule has 0 radical (unpaired) electrons. The van der Waals surface area contributed by atoms with Crippen LogP contribution in [0, 0.1) is 0 Å². The van der Waals surface area contributed by atoms with Crippen LogP contribution in [0.3, 0.4) is 0 Å². The molecule has 0 N–H and O–H groups in total. The SMILES string of the molecule is CC(C)c1ccc(N2c3ccccc3B3c4sc5ccccc5c4N(c4ccc(C(C)C)cc4)c4cc([Si](C)(C)C)cc2c43)cc1. The molecule has 0 spiro atoms. The molecule has 8 rings (SSSR count). The number of hydrogen-bond donors (Lipinski definition) is 0. The minimum atomic E-state index is -1.72. The molecule has 6 aromatic rings. The maximum absolute atomic E-state index is 2.60. The lowest BCUT2D eigenvalue weighted by atomic mass is 9.36. The molecule has 2 aliphatic heterocycles. The maximum atomic E-state index is 2.60. The van der Waals surface area contributed by atoms with Gasteiger partial charge in [-0.2, -0.15) is 0 Å². The second-order valence-electron chi connectivity index (χ2n) is 14.6. The highest BCUT2D eigenvalue weighted by molar-refractivity contribution is 7.33. The second-order valence-corrected chi connectivity index (χ2v) is 20.8. The first-order valence-corrected chi connectivity index (χ1v) is 21.0. The fourth-order valence-electron chi connectivity index (χ4n) is 7.38. The number of nitrogens with zero attached hydrogens (tertiary/aromatic N) is 2. The van der Waals surface area contributed by atoms with E-state index in [1.807, 2.05) is 11.3 Å². The molecule has 5 aromatic carbocycles. The summed E-state index contributed by atoms with van der Waals surface area (Å²) in [6.07, 6.45) is 0. The second kappa shape index (κ2) is 10.8. The normalized spacial score (nSPS) is 13.8. The smallest absolute Gasteiger partial charge is 0.264 e. The van der Waals surface area contributed by atoms with E-state index in [1.54, 1.807) is 0 Å². The minimum absolute atomic E-state index is 0.168. The van der Waals surface area contributed by atoms with Crippen LogP contribution in [0.2, 0.25) is 19.6 Å². The van der Waals surface area contributed by atoms with Gasteiger partial charge in [-0.05, 0) is 82.4 Å². The van der Waals surface area contributed by atoms with Crippen molar-refractivity contribution < 1.29 is 0 Å². The summed E-state index contributed by atoms with van der Waals surface area (Å²) in [5.41, 5.74) is 13.3. The third-order valence-electron chi connectivity index (χ3n) is 9.98. The highest BCUT2D eigenvalue weighted by Gasteiger charge is 2.45. The number of thiophene rings is 1. The van der Waals surface area contributed by atoms with Crippen LogP contribution in [-0.2, 0) is 0 Å². The molecule has 1 aromatic heterocycles. The number of anilines is 6. The van der Waals surface area contributed by atoms with Gasteiger partial charge in [-0.25, -0.2) is 0 Å². The Kier molecular flexibility index (Phi) is 6.86. The van der Waals surface area contributed by atoms with Crippen LogP contribution < -0.4 is 30.7 Å². The Bertz CT molecular complexity index is 2100. The van der Waals surface area contributed by atoms with Crippen molar-refractivity contribution in [3.63, 3.8) is 0 Å². The zero-order valence-corrected chi connectivity index (χ0v) is 29.7.